The molecular formula is C15H22N4O2. The Morgan fingerprint density at radius 3 is 2.86 bits per heavy atom. The lowest BCUT2D eigenvalue weighted by Gasteiger charge is -2.08. The first-order valence-electron chi connectivity index (χ1n) is 7.36. The molecule has 0 amide bonds. The van der Waals surface area contributed by atoms with Gasteiger partial charge in [-0.3, -0.25) is 4.98 Å². The lowest BCUT2D eigenvalue weighted by Crippen LogP contribution is -2.21. The van der Waals surface area contributed by atoms with Gasteiger partial charge in [-0.05, 0) is 25.0 Å². The van der Waals surface area contributed by atoms with Crippen molar-refractivity contribution in [2.45, 2.75) is 52.2 Å². The Labute approximate surface area is 124 Å². The molecule has 0 radical (unpaired) electrons. The first kappa shape index (κ1) is 15.4. The maximum Gasteiger partial charge on any atom is 0.226 e. The summed E-state index contributed by atoms with van der Waals surface area (Å²) in [5.74, 6) is 1.89. The summed E-state index contributed by atoms with van der Waals surface area (Å²) in [6.45, 7) is 4.42. The van der Waals surface area contributed by atoms with Gasteiger partial charge in [0, 0.05) is 24.6 Å². The number of hydrogen-bond donors (Lipinski definition) is 1. The molecule has 0 aromatic carbocycles. The minimum absolute atomic E-state index is 0.153. The second kappa shape index (κ2) is 7.73. The van der Waals surface area contributed by atoms with Crippen molar-refractivity contribution in [3.05, 3.63) is 35.7 Å². The van der Waals surface area contributed by atoms with E-state index in [9.17, 15) is 0 Å². The van der Waals surface area contributed by atoms with Gasteiger partial charge < -0.3 is 15.0 Å². The Hall–Kier alpha value is -1.95. The maximum absolute atomic E-state index is 5.91. The van der Waals surface area contributed by atoms with Gasteiger partial charge in [-0.1, -0.05) is 19.0 Å². The molecule has 6 nitrogen and oxygen atoms in total. The fraction of sp³-hybridized carbons (Fsp3) is 0.533. The molecule has 1 unspecified atom stereocenters. The van der Waals surface area contributed by atoms with Crippen molar-refractivity contribution < 1.29 is 9.26 Å². The van der Waals surface area contributed by atoms with Gasteiger partial charge in [0.05, 0.1) is 6.20 Å². The lowest BCUT2D eigenvalue weighted by atomic mass is 10.1. The minimum Gasteiger partial charge on any atom is -0.484 e. The Kier molecular flexibility index (Phi) is 5.68. The van der Waals surface area contributed by atoms with Crippen molar-refractivity contribution in [1.82, 2.24) is 15.1 Å². The molecule has 2 heterocycles. The normalized spacial score (nSPS) is 12.3. The second-order valence-electron chi connectivity index (χ2n) is 5.00. The van der Waals surface area contributed by atoms with Crippen molar-refractivity contribution in [2.75, 3.05) is 0 Å². The zero-order valence-corrected chi connectivity index (χ0v) is 12.6. The molecule has 2 aromatic heterocycles. The van der Waals surface area contributed by atoms with Gasteiger partial charge in [-0.15, -0.1) is 0 Å². The highest BCUT2D eigenvalue weighted by Crippen LogP contribution is 2.12. The molecule has 0 aliphatic heterocycles. The predicted octanol–water partition coefficient (Wildman–Crippen LogP) is 2.28. The quantitative estimate of drug-likeness (QED) is 0.802. The molecule has 0 aliphatic carbocycles. The zero-order valence-electron chi connectivity index (χ0n) is 12.6. The average Bonchev–Trinajstić information content (AvgIpc) is 2.94. The van der Waals surface area contributed by atoms with E-state index < -0.39 is 0 Å². The summed E-state index contributed by atoms with van der Waals surface area (Å²) in [4.78, 5) is 8.59. The van der Waals surface area contributed by atoms with Crippen LogP contribution in [0.25, 0.3) is 0 Å². The van der Waals surface area contributed by atoms with Gasteiger partial charge in [0.25, 0.3) is 0 Å². The monoisotopic (exact) mass is 290 g/mol. The molecule has 6 heteroatoms. The smallest absolute Gasteiger partial charge is 0.226 e. The van der Waals surface area contributed by atoms with E-state index in [0.717, 1.165) is 31.4 Å². The van der Waals surface area contributed by atoms with Crippen LogP contribution < -0.4 is 10.5 Å². The molecule has 0 fully saturated rings. The molecular weight excluding hydrogens is 268 g/mol. The van der Waals surface area contributed by atoms with Crippen LogP contribution >= 0.6 is 0 Å². The SMILES string of the molecule is CCCc1nc(COc2ccc(CC(N)CC)nc2)no1. The summed E-state index contributed by atoms with van der Waals surface area (Å²) >= 11 is 0. The second-order valence-corrected chi connectivity index (χ2v) is 5.00. The van der Waals surface area contributed by atoms with Crippen molar-refractivity contribution in [2.24, 2.45) is 5.73 Å². The highest BCUT2D eigenvalue weighted by atomic mass is 16.5. The van der Waals surface area contributed by atoms with Crippen LogP contribution in [0.2, 0.25) is 0 Å². The van der Waals surface area contributed by atoms with Gasteiger partial charge in [0.1, 0.15) is 5.75 Å². The summed E-state index contributed by atoms with van der Waals surface area (Å²) in [5, 5.41) is 3.87. The molecule has 0 spiro atoms. The summed E-state index contributed by atoms with van der Waals surface area (Å²) in [5.41, 5.74) is 6.88. The van der Waals surface area contributed by atoms with Crippen molar-refractivity contribution >= 4 is 0 Å². The van der Waals surface area contributed by atoms with E-state index in [-0.39, 0.29) is 12.6 Å². The third kappa shape index (κ3) is 4.82. The fourth-order valence-electron chi connectivity index (χ4n) is 1.84. The largest absolute Gasteiger partial charge is 0.484 e. The number of nitrogens with two attached hydrogens (primary N) is 1. The fourth-order valence-corrected chi connectivity index (χ4v) is 1.84. The van der Waals surface area contributed by atoms with Crippen LogP contribution in [0.1, 0.15) is 44.1 Å². The van der Waals surface area contributed by atoms with Gasteiger partial charge in [-0.25, -0.2) is 0 Å². The molecule has 2 N–H and O–H groups in total. The van der Waals surface area contributed by atoms with Gasteiger partial charge in [0.2, 0.25) is 11.7 Å². The van der Waals surface area contributed by atoms with E-state index in [2.05, 4.69) is 29.0 Å². The van der Waals surface area contributed by atoms with Crippen LogP contribution in [-0.4, -0.2) is 21.2 Å². The third-order valence-corrected chi connectivity index (χ3v) is 3.14. The van der Waals surface area contributed by atoms with Crippen LogP contribution in [0.3, 0.4) is 0 Å². The Morgan fingerprint density at radius 2 is 2.19 bits per heavy atom. The summed E-state index contributed by atoms with van der Waals surface area (Å²) in [6.07, 6.45) is 5.19. The summed E-state index contributed by atoms with van der Waals surface area (Å²) in [6, 6.07) is 3.97. The van der Waals surface area contributed by atoms with Crippen LogP contribution in [0.4, 0.5) is 0 Å². The van der Waals surface area contributed by atoms with E-state index >= 15 is 0 Å². The summed E-state index contributed by atoms with van der Waals surface area (Å²) < 4.78 is 10.7. The topological polar surface area (TPSA) is 87.1 Å². The molecule has 2 aromatic rings. The predicted molar refractivity (Wildman–Crippen MR) is 78.8 cm³/mol. The molecule has 0 saturated heterocycles. The van der Waals surface area contributed by atoms with E-state index in [1.54, 1.807) is 6.20 Å². The third-order valence-electron chi connectivity index (χ3n) is 3.14. The molecule has 0 aliphatic rings. The molecule has 0 bridgehead atoms. The van der Waals surface area contributed by atoms with E-state index in [4.69, 9.17) is 15.0 Å². The number of ether oxygens (including phenoxy) is 1. The van der Waals surface area contributed by atoms with E-state index in [1.807, 2.05) is 12.1 Å². The first-order valence-corrected chi connectivity index (χ1v) is 7.36. The number of rotatable bonds is 8. The highest BCUT2D eigenvalue weighted by molar-refractivity contribution is 5.20. The van der Waals surface area contributed by atoms with Crippen molar-refractivity contribution in [3.63, 3.8) is 0 Å². The molecule has 1 atom stereocenters. The highest BCUT2D eigenvalue weighted by Gasteiger charge is 2.07. The zero-order chi connectivity index (χ0) is 15.1. The van der Waals surface area contributed by atoms with Gasteiger partial charge >= 0.3 is 0 Å². The van der Waals surface area contributed by atoms with Crippen molar-refractivity contribution in [1.29, 1.82) is 0 Å². The number of pyridine rings is 1. The first-order chi connectivity index (χ1) is 10.2. The van der Waals surface area contributed by atoms with Gasteiger partial charge in [0.15, 0.2) is 6.61 Å². The van der Waals surface area contributed by atoms with Crippen molar-refractivity contribution in [3.8, 4) is 5.75 Å². The van der Waals surface area contributed by atoms with E-state index in [1.165, 1.54) is 0 Å². The van der Waals surface area contributed by atoms with Crippen LogP contribution in [0.5, 0.6) is 5.75 Å². The molecule has 114 valence electrons. The Balaban J connectivity index is 1.85. The molecule has 21 heavy (non-hydrogen) atoms. The number of aromatic nitrogens is 3. The summed E-state index contributed by atoms with van der Waals surface area (Å²) in [7, 11) is 0. The Morgan fingerprint density at radius 1 is 1.33 bits per heavy atom. The molecule has 2 rings (SSSR count). The van der Waals surface area contributed by atoms with E-state index in [0.29, 0.717) is 17.5 Å². The number of nitrogens with zero attached hydrogens (tertiary/aromatic N) is 3. The van der Waals surface area contributed by atoms with Crippen LogP contribution in [0, 0.1) is 0 Å². The van der Waals surface area contributed by atoms with Gasteiger partial charge in [-0.2, -0.15) is 4.98 Å². The standard InChI is InChI=1S/C15H22N4O2/c1-3-5-15-18-14(19-21-15)10-20-13-7-6-12(17-9-13)8-11(16)4-2/h6-7,9,11H,3-5,8,10,16H2,1-2H3. The minimum atomic E-state index is 0.153. The average molecular weight is 290 g/mol. The molecule has 0 saturated carbocycles. The number of hydrogen-bond acceptors (Lipinski definition) is 6. The van der Waals surface area contributed by atoms with Crippen LogP contribution in [0.15, 0.2) is 22.9 Å². The number of aryl methyl sites for hydroxylation is 1. The maximum atomic E-state index is 5.91. The van der Waals surface area contributed by atoms with Crippen LogP contribution in [-0.2, 0) is 19.4 Å². The Bertz CT molecular complexity index is 539. The lowest BCUT2D eigenvalue weighted by molar-refractivity contribution is 0.284.